The first-order chi connectivity index (χ1) is 19.4. The van der Waals surface area contributed by atoms with Crippen LogP contribution in [0.25, 0.3) is 33.5 Å². The van der Waals surface area contributed by atoms with Gasteiger partial charge in [0.05, 0.1) is 27.3 Å². The van der Waals surface area contributed by atoms with E-state index < -0.39 is 22.2 Å². The Morgan fingerprint density at radius 2 is 1.22 bits per heavy atom. The summed E-state index contributed by atoms with van der Waals surface area (Å²) in [6, 6.07) is 32.1. The van der Waals surface area contributed by atoms with Crippen LogP contribution in [-0.2, 0) is 21.4 Å². The van der Waals surface area contributed by atoms with Crippen LogP contribution >= 0.6 is 15.9 Å². The molecule has 0 saturated heterocycles. The number of para-hydroxylation sites is 2. The van der Waals surface area contributed by atoms with Crippen LogP contribution in [-0.4, -0.2) is 35.6 Å². The fraction of sp³-hybridized carbons (Fsp3) is 0.0690. The van der Waals surface area contributed by atoms with Crippen LogP contribution in [0.2, 0.25) is 0 Å². The average molecular weight is 644 g/mol. The molecule has 2 N–H and O–H groups in total. The summed E-state index contributed by atoms with van der Waals surface area (Å²) in [5.74, 6) is -2.76. The van der Waals surface area contributed by atoms with Gasteiger partial charge in [0.2, 0.25) is 10.0 Å². The standard InChI is InChI=1S/C27H20BrN3O2S.C2HF3O2/c28-22-14-16-23(17-15-22)34(32,33)29-18-19-10-12-21(13-11-19)27-26(20-6-2-1-3-7-20)30-24-8-4-5-9-25(24)31-27;3-2(4,5)1(6)7/h1-17,29H,18H2;(H,6,7). The summed E-state index contributed by atoms with van der Waals surface area (Å²) >= 11 is 3.32. The van der Waals surface area contributed by atoms with Crippen molar-refractivity contribution in [3.05, 3.63) is 113 Å². The van der Waals surface area contributed by atoms with Crippen molar-refractivity contribution < 1.29 is 31.5 Å². The first kappa shape index (κ1) is 29.8. The van der Waals surface area contributed by atoms with Crippen molar-refractivity contribution in [2.45, 2.75) is 17.6 Å². The number of halogens is 4. The van der Waals surface area contributed by atoms with E-state index in [1.54, 1.807) is 24.3 Å². The Morgan fingerprint density at radius 3 is 1.71 bits per heavy atom. The maximum absolute atomic E-state index is 12.6. The van der Waals surface area contributed by atoms with Gasteiger partial charge in [-0.25, -0.2) is 27.9 Å². The predicted molar refractivity (Wildman–Crippen MR) is 152 cm³/mol. The number of aliphatic carboxylic acids is 1. The SMILES string of the molecule is O=C(O)C(F)(F)F.O=S(=O)(NCc1ccc(-c2nc3ccccc3nc2-c2ccccc2)cc1)c1ccc(Br)cc1. The van der Waals surface area contributed by atoms with Crippen molar-refractivity contribution >= 4 is 43.0 Å². The number of carbonyl (C=O) groups is 1. The molecule has 0 amide bonds. The Morgan fingerprint density at radius 1 is 0.756 bits per heavy atom. The van der Waals surface area contributed by atoms with Crippen LogP contribution in [0.5, 0.6) is 0 Å². The van der Waals surface area contributed by atoms with E-state index >= 15 is 0 Å². The maximum Gasteiger partial charge on any atom is 0.490 e. The number of carboxylic acid groups (broad SMARTS) is 1. The van der Waals surface area contributed by atoms with Crippen molar-refractivity contribution in [2.24, 2.45) is 0 Å². The second-order valence-electron chi connectivity index (χ2n) is 8.55. The van der Waals surface area contributed by atoms with Crippen molar-refractivity contribution in [2.75, 3.05) is 0 Å². The number of nitrogens with zero attached hydrogens (tertiary/aromatic N) is 2. The normalized spacial score (nSPS) is 11.5. The minimum Gasteiger partial charge on any atom is -0.475 e. The molecule has 0 saturated carbocycles. The Bertz CT molecular complexity index is 1770. The number of fused-ring (bicyclic) bond motifs is 1. The topological polar surface area (TPSA) is 109 Å². The molecule has 7 nitrogen and oxygen atoms in total. The van der Waals surface area contributed by atoms with Crippen LogP contribution in [0, 0.1) is 0 Å². The molecule has 4 aromatic carbocycles. The molecule has 0 aliphatic carbocycles. The fourth-order valence-corrected chi connectivity index (χ4v) is 4.94. The second-order valence-corrected chi connectivity index (χ2v) is 11.2. The van der Waals surface area contributed by atoms with Gasteiger partial charge < -0.3 is 5.11 Å². The molecule has 0 radical (unpaired) electrons. The van der Waals surface area contributed by atoms with Gasteiger partial charge in [-0.15, -0.1) is 0 Å². The summed E-state index contributed by atoms with van der Waals surface area (Å²) in [5.41, 5.74) is 6.00. The molecule has 0 fully saturated rings. The van der Waals surface area contributed by atoms with Crippen LogP contribution in [0.4, 0.5) is 13.2 Å². The fourth-order valence-electron chi connectivity index (χ4n) is 3.65. The number of rotatable bonds is 6. The molecule has 0 unspecified atom stereocenters. The smallest absolute Gasteiger partial charge is 0.475 e. The van der Waals surface area contributed by atoms with Gasteiger partial charge in [-0.1, -0.05) is 82.7 Å². The summed E-state index contributed by atoms with van der Waals surface area (Å²) in [5, 5.41) is 7.12. The second kappa shape index (κ2) is 12.6. The van der Waals surface area contributed by atoms with Gasteiger partial charge >= 0.3 is 12.1 Å². The van der Waals surface area contributed by atoms with Gasteiger partial charge in [-0.3, -0.25) is 0 Å². The number of hydrogen-bond donors (Lipinski definition) is 2. The Balaban J connectivity index is 0.000000493. The zero-order valence-electron chi connectivity index (χ0n) is 21.0. The van der Waals surface area contributed by atoms with Crippen LogP contribution in [0.15, 0.2) is 112 Å². The van der Waals surface area contributed by atoms with E-state index in [0.29, 0.717) is 0 Å². The van der Waals surface area contributed by atoms with E-state index in [1.165, 1.54) is 0 Å². The van der Waals surface area contributed by atoms with E-state index in [9.17, 15) is 21.6 Å². The molecule has 0 aliphatic heterocycles. The molecule has 1 heterocycles. The third kappa shape index (κ3) is 7.75. The number of sulfonamides is 1. The zero-order valence-corrected chi connectivity index (χ0v) is 23.4. The number of alkyl halides is 3. The lowest BCUT2D eigenvalue weighted by molar-refractivity contribution is -0.192. The van der Waals surface area contributed by atoms with Gasteiger partial charge in [0.15, 0.2) is 0 Å². The van der Waals surface area contributed by atoms with E-state index in [2.05, 4.69) is 20.7 Å². The van der Waals surface area contributed by atoms with Crippen molar-refractivity contribution in [1.29, 1.82) is 0 Å². The summed E-state index contributed by atoms with van der Waals surface area (Å²) < 4.78 is 60.4. The predicted octanol–water partition coefficient (Wildman–Crippen LogP) is 6.84. The highest BCUT2D eigenvalue weighted by Crippen LogP contribution is 2.31. The maximum atomic E-state index is 12.6. The van der Waals surface area contributed by atoms with E-state index in [0.717, 1.165) is 43.6 Å². The van der Waals surface area contributed by atoms with Gasteiger partial charge in [-0.2, -0.15) is 13.2 Å². The number of hydrogen-bond acceptors (Lipinski definition) is 5. The molecule has 0 bridgehead atoms. The van der Waals surface area contributed by atoms with Gasteiger partial charge in [0.25, 0.3) is 0 Å². The van der Waals surface area contributed by atoms with Gasteiger partial charge in [-0.05, 0) is 42.0 Å². The van der Waals surface area contributed by atoms with E-state index in [4.69, 9.17) is 19.9 Å². The molecular weight excluding hydrogens is 623 g/mol. The van der Waals surface area contributed by atoms with Crippen LogP contribution in [0.1, 0.15) is 5.56 Å². The first-order valence-electron chi connectivity index (χ1n) is 11.9. The average Bonchev–Trinajstić information content (AvgIpc) is 2.96. The van der Waals surface area contributed by atoms with Crippen molar-refractivity contribution in [1.82, 2.24) is 14.7 Å². The highest BCUT2D eigenvalue weighted by molar-refractivity contribution is 9.10. The number of aromatic nitrogens is 2. The molecule has 5 aromatic rings. The number of benzene rings is 4. The summed E-state index contributed by atoms with van der Waals surface area (Å²) in [4.78, 5) is 18.9. The highest BCUT2D eigenvalue weighted by atomic mass is 79.9. The molecule has 5 rings (SSSR count). The summed E-state index contributed by atoms with van der Waals surface area (Å²) in [6.45, 7) is 0.188. The van der Waals surface area contributed by atoms with E-state index in [1.807, 2.05) is 78.9 Å². The van der Waals surface area contributed by atoms with Crippen molar-refractivity contribution in [3.63, 3.8) is 0 Å². The zero-order chi connectivity index (χ0) is 29.6. The monoisotopic (exact) mass is 643 g/mol. The van der Waals surface area contributed by atoms with Crippen LogP contribution < -0.4 is 4.72 Å². The third-order valence-corrected chi connectivity index (χ3v) is 7.62. The minimum absolute atomic E-state index is 0.188. The summed E-state index contributed by atoms with van der Waals surface area (Å²) in [6.07, 6.45) is -5.08. The number of nitrogens with one attached hydrogen (secondary N) is 1. The largest absolute Gasteiger partial charge is 0.490 e. The molecule has 0 aliphatic rings. The summed E-state index contributed by atoms with van der Waals surface area (Å²) in [7, 11) is -3.60. The van der Waals surface area contributed by atoms with Crippen LogP contribution in [0.3, 0.4) is 0 Å². The Kier molecular flexibility index (Phi) is 9.16. The lowest BCUT2D eigenvalue weighted by Gasteiger charge is -2.11. The molecule has 1 aromatic heterocycles. The minimum atomic E-state index is -5.08. The highest BCUT2D eigenvalue weighted by Gasteiger charge is 2.38. The molecule has 41 heavy (non-hydrogen) atoms. The van der Waals surface area contributed by atoms with Gasteiger partial charge in [0, 0.05) is 22.1 Å². The van der Waals surface area contributed by atoms with E-state index in [-0.39, 0.29) is 11.4 Å². The first-order valence-corrected chi connectivity index (χ1v) is 14.2. The third-order valence-electron chi connectivity index (χ3n) is 5.68. The Hall–Kier alpha value is -4.13. The molecule has 210 valence electrons. The quantitative estimate of drug-likeness (QED) is 0.210. The lowest BCUT2D eigenvalue weighted by atomic mass is 10.0. The molecule has 0 atom stereocenters. The lowest BCUT2D eigenvalue weighted by Crippen LogP contribution is -2.23. The number of carboxylic acids is 1. The molecule has 0 spiro atoms. The Labute approximate surface area is 241 Å². The van der Waals surface area contributed by atoms with Crippen molar-refractivity contribution in [3.8, 4) is 22.5 Å². The molecular formula is C29H21BrF3N3O4S. The van der Waals surface area contributed by atoms with Gasteiger partial charge in [0.1, 0.15) is 0 Å². The molecule has 12 heteroatoms.